The van der Waals surface area contributed by atoms with Gasteiger partial charge in [0.2, 0.25) is 0 Å². The molecule has 19 heavy (non-hydrogen) atoms. The molecular weight excluding hydrogens is 285 g/mol. The Hall–Kier alpha value is -1.52. The van der Waals surface area contributed by atoms with Crippen molar-refractivity contribution in [3.05, 3.63) is 51.8 Å². The van der Waals surface area contributed by atoms with Crippen LogP contribution in [0.15, 0.2) is 30.6 Å². The van der Waals surface area contributed by atoms with Crippen LogP contribution in [0.2, 0.25) is 10.0 Å². The standard InChI is InChI=1S/C13H13Cl2N3O/c1-17(7-9-6-16-18(2)8-9)13(19)10-3-11(14)5-12(15)4-10/h3-6,8H,7H2,1-2H3. The summed E-state index contributed by atoms with van der Waals surface area (Å²) in [6.45, 7) is 0.483. The first-order valence-corrected chi connectivity index (χ1v) is 6.40. The number of hydrogen-bond donors (Lipinski definition) is 0. The molecule has 2 aromatic rings. The molecule has 0 aliphatic carbocycles. The lowest BCUT2D eigenvalue weighted by Gasteiger charge is -2.16. The minimum atomic E-state index is -0.131. The minimum Gasteiger partial charge on any atom is -0.337 e. The summed E-state index contributed by atoms with van der Waals surface area (Å²) in [5, 5.41) is 4.97. The number of amides is 1. The predicted molar refractivity (Wildman–Crippen MR) is 75.5 cm³/mol. The second kappa shape index (κ2) is 5.63. The van der Waals surface area contributed by atoms with E-state index in [1.807, 2.05) is 13.2 Å². The molecule has 1 amide bonds. The van der Waals surface area contributed by atoms with Gasteiger partial charge in [-0.1, -0.05) is 23.2 Å². The largest absolute Gasteiger partial charge is 0.337 e. The first-order chi connectivity index (χ1) is 8.95. The molecule has 0 radical (unpaired) electrons. The van der Waals surface area contributed by atoms with E-state index in [0.29, 0.717) is 22.2 Å². The lowest BCUT2D eigenvalue weighted by molar-refractivity contribution is 0.0785. The molecule has 0 aliphatic rings. The van der Waals surface area contributed by atoms with E-state index in [0.717, 1.165) is 5.56 Å². The van der Waals surface area contributed by atoms with Gasteiger partial charge in [0, 0.05) is 48.0 Å². The second-order valence-corrected chi connectivity index (χ2v) is 5.21. The zero-order valence-corrected chi connectivity index (χ0v) is 12.1. The monoisotopic (exact) mass is 297 g/mol. The van der Waals surface area contributed by atoms with Gasteiger partial charge in [-0.05, 0) is 18.2 Å². The Morgan fingerprint density at radius 2 is 1.95 bits per heavy atom. The SMILES string of the molecule is CN(Cc1cnn(C)c1)C(=O)c1cc(Cl)cc(Cl)c1. The second-order valence-electron chi connectivity index (χ2n) is 4.34. The van der Waals surface area contributed by atoms with E-state index in [-0.39, 0.29) is 5.91 Å². The smallest absolute Gasteiger partial charge is 0.254 e. The first kappa shape index (κ1) is 13.9. The fourth-order valence-electron chi connectivity index (χ4n) is 1.80. The fourth-order valence-corrected chi connectivity index (χ4v) is 2.32. The van der Waals surface area contributed by atoms with Crippen LogP contribution >= 0.6 is 23.2 Å². The number of carbonyl (C=O) groups excluding carboxylic acids is 1. The van der Waals surface area contributed by atoms with Crippen molar-refractivity contribution in [1.29, 1.82) is 0 Å². The summed E-state index contributed by atoms with van der Waals surface area (Å²) in [7, 11) is 3.56. The maximum absolute atomic E-state index is 12.2. The highest BCUT2D eigenvalue weighted by atomic mass is 35.5. The third-order valence-corrected chi connectivity index (χ3v) is 3.07. The van der Waals surface area contributed by atoms with Crippen molar-refractivity contribution < 1.29 is 4.79 Å². The van der Waals surface area contributed by atoms with Crippen LogP contribution in [-0.2, 0) is 13.6 Å². The molecule has 6 heteroatoms. The van der Waals surface area contributed by atoms with Crippen molar-refractivity contribution in [1.82, 2.24) is 14.7 Å². The van der Waals surface area contributed by atoms with Crippen molar-refractivity contribution in [2.45, 2.75) is 6.54 Å². The molecule has 0 saturated heterocycles. The average molecular weight is 298 g/mol. The number of aryl methyl sites for hydroxylation is 1. The van der Waals surface area contributed by atoms with Crippen molar-refractivity contribution in [2.24, 2.45) is 7.05 Å². The Morgan fingerprint density at radius 1 is 1.32 bits per heavy atom. The van der Waals surface area contributed by atoms with Gasteiger partial charge < -0.3 is 4.90 Å². The predicted octanol–water partition coefficient (Wildman–Crippen LogP) is 3.00. The van der Waals surface area contributed by atoms with E-state index in [1.165, 1.54) is 0 Å². The number of carbonyl (C=O) groups is 1. The summed E-state index contributed by atoms with van der Waals surface area (Å²) in [5.74, 6) is -0.131. The van der Waals surface area contributed by atoms with Crippen LogP contribution in [0.25, 0.3) is 0 Å². The van der Waals surface area contributed by atoms with E-state index in [9.17, 15) is 4.79 Å². The zero-order valence-electron chi connectivity index (χ0n) is 10.6. The maximum Gasteiger partial charge on any atom is 0.254 e. The number of halogens is 2. The topological polar surface area (TPSA) is 38.1 Å². The number of aromatic nitrogens is 2. The highest BCUT2D eigenvalue weighted by Gasteiger charge is 2.14. The van der Waals surface area contributed by atoms with E-state index in [1.54, 1.807) is 41.0 Å². The van der Waals surface area contributed by atoms with E-state index in [4.69, 9.17) is 23.2 Å². The van der Waals surface area contributed by atoms with Crippen LogP contribution in [0.4, 0.5) is 0 Å². The summed E-state index contributed by atoms with van der Waals surface area (Å²) in [6, 6.07) is 4.81. The number of nitrogens with zero attached hydrogens (tertiary/aromatic N) is 3. The maximum atomic E-state index is 12.2. The molecule has 100 valence electrons. The van der Waals surface area contributed by atoms with Gasteiger partial charge in [-0.2, -0.15) is 5.10 Å². The van der Waals surface area contributed by atoms with Crippen LogP contribution in [0.1, 0.15) is 15.9 Å². The Kier molecular flexibility index (Phi) is 4.12. The number of hydrogen-bond acceptors (Lipinski definition) is 2. The summed E-state index contributed by atoms with van der Waals surface area (Å²) >= 11 is 11.8. The van der Waals surface area contributed by atoms with Gasteiger partial charge in [0.25, 0.3) is 5.91 Å². The Bertz CT molecular complexity index is 589. The lowest BCUT2D eigenvalue weighted by Crippen LogP contribution is -2.26. The molecular formula is C13H13Cl2N3O. The zero-order chi connectivity index (χ0) is 14.0. The van der Waals surface area contributed by atoms with Gasteiger partial charge in [0.1, 0.15) is 0 Å². The normalized spacial score (nSPS) is 10.5. The van der Waals surface area contributed by atoms with Crippen molar-refractivity contribution >= 4 is 29.1 Å². The molecule has 0 fully saturated rings. The van der Waals surface area contributed by atoms with Gasteiger partial charge in [-0.15, -0.1) is 0 Å². The van der Waals surface area contributed by atoms with E-state index < -0.39 is 0 Å². The van der Waals surface area contributed by atoms with Crippen molar-refractivity contribution in [3.63, 3.8) is 0 Å². The summed E-state index contributed by atoms with van der Waals surface area (Å²) in [4.78, 5) is 13.8. The summed E-state index contributed by atoms with van der Waals surface area (Å²) in [5.41, 5.74) is 1.44. The molecule has 1 heterocycles. The number of rotatable bonds is 3. The van der Waals surface area contributed by atoms with Gasteiger partial charge >= 0.3 is 0 Å². The van der Waals surface area contributed by atoms with Gasteiger partial charge in [-0.3, -0.25) is 9.48 Å². The third kappa shape index (κ3) is 3.49. The van der Waals surface area contributed by atoms with E-state index >= 15 is 0 Å². The Labute approximate surface area is 121 Å². The van der Waals surface area contributed by atoms with Crippen LogP contribution < -0.4 is 0 Å². The van der Waals surface area contributed by atoms with E-state index in [2.05, 4.69) is 5.10 Å². The van der Waals surface area contributed by atoms with Gasteiger partial charge in [-0.25, -0.2) is 0 Å². The Balaban J connectivity index is 2.14. The highest BCUT2D eigenvalue weighted by molar-refractivity contribution is 6.35. The van der Waals surface area contributed by atoms with Crippen LogP contribution in [0.5, 0.6) is 0 Å². The molecule has 0 aliphatic heterocycles. The quantitative estimate of drug-likeness (QED) is 0.873. The fraction of sp³-hybridized carbons (Fsp3) is 0.231. The van der Waals surface area contributed by atoms with Crippen molar-refractivity contribution in [2.75, 3.05) is 7.05 Å². The van der Waals surface area contributed by atoms with Gasteiger partial charge in [0.05, 0.1) is 6.20 Å². The molecule has 0 bridgehead atoms. The molecule has 1 aromatic carbocycles. The summed E-state index contributed by atoms with van der Waals surface area (Å²) < 4.78 is 1.70. The number of benzene rings is 1. The lowest BCUT2D eigenvalue weighted by atomic mass is 10.2. The van der Waals surface area contributed by atoms with Crippen LogP contribution in [-0.4, -0.2) is 27.6 Å². The molecule has 0 atom stereocenters. The van der Waals surface area contributed by atoms with Crippen molar-refractivity contribution in [3.8, 4) is 0 Å². The molecule has 1 aromatic heterocycles. The summed E-state index contributed by atoms with van der Waals surface area (Å²) in [6.07, 6.45) is 3.60. The molecule has 0 saturated carbocycles. The van der Waals surface area contributed by atoms with Gasteiger partial charge in [0.15, 0.2) is 0 Å². The Morgan fingerprint density at radius 3 is 2.47 bits per heavy atom. The molecule has 4 nitrogen and oxygen atoms in total. The molecule has 2 rings (SSSR count). The first-order valence-electron chi connectivity index (χ1n) is 5.65. The molecule has 0 spiro atoms. The average Bonchev–Trinajstić information content (AvgIpc) is 2.72. The highest BCUT2D eigenvalue weighted by Crippen LogP contribution is 2.20. The third-order valence-electron chi connectivity index (χ3n) is 2.63. The van der Waals surface area contributed by atoms with Crippen LogP contribution in [0, 0.1) is 0 Å². The molecule has 0 N–H and O–H groups in total. The van der Waals surface area contributed by atoms with Crippen LogP contribution in [0.3, 0.4) is 0 Å². The minimum absolute atomic E-state index is 0.131. The molecule has 0 unspecified atom stereocenters.